The van der Waals surface area contributed by atoms with Crippen LogP contribution in [-0.4, -0.2) is 18.9 Å². The molecule has 0 radical (unpaired) electrons. The maximum atomic E-state index is 12.9. The topological polar surface area (TPSA) is 58.6 Å². The maximum Gasteiger partial charge on any atom is 0.254 e. The lowest BCUT2D eigenvalue weighted by Gasteiger charge is -2.20. The van der Waals surface area contributed by atoms with E-state index in [9.17, 15) is 9.59 Å². The number of rotatable bonds is 4. The van der Waals surface area contributed by atoms with Crippen molar-refractivity contribution in [3.05, 3.63) is 59.2 Å². The van der Waals surface area contributed by atoms with Gasteiger partial charge in [-0.1, -0.05) is 30.3 Å². The second-order valence-corrected chi connectivity index (χ2v) is 5.92. The Morgan fingerprint density at radius 3 is 2.54 bits per heavy atom. The molecule has 0 aromatic heterocycles. The highest BCUT2D eigenvalue weighted by Crippen LogP contribution is 2.39. The van der Waals surface area contributed by atoms with Gasteiger partial charge in [-0.15, -0.1) is 0 Å². The second kappa shape index (κ2) is 6.35. The quantitative estimate of drug-likeness (QED) is 0.941. The molecule has 1 aliphatic rings. The van der Waals surface area contributed by atoms with E-state index >= 15 is 0 Å². The Labute approximate surface area is 141 Å². The smallest absolute Gasteiger partial charge is 0.254 e. The Bertz CT molecular complexity index is 784. The van der Waals surface area contributed by atoms with Gasteiger partial charge in [0.25, 0.3) is 5.91 Å². The molecule has 5 heteroatoms. The molecule has 0 aliphatic carbocycles. The molecular weight excluding hydrogens is 304 g/mol. The van der Waals surface area contributed by atoms with Crippen molar-refractivity contribution >= 4 is 17.5 Å². The number of carbonyl (C=O) groups excluding carboxylic acids is 2. The van der Waals surface area contributed by atoms with Crippen molar-refractivity contribution in [1.82, 2.24) is 5.32 Å². The van der Waals surface area contributed by atoms with Gasteiger partial charge in [0.2, 0.25) is 5.91 Å². The number of aryl methyl sites for hydroxylation is 1. The van der Waals surface area contributed by atoms with Gasteiger partial charge in [0, 0.05) is 12.5 Å². The predicted molar refractivity (Wildman–Crippen MR) is 91.9 cm³/mol. The lowest BCUT2D eigenvalue weighted by molar-refractivity contribution is -0.126. The number of anilines is 1. The Balaban J connectivity index is 1.95. The van der Waals surface area contributed by atoms with E-state index in [-0.39, 0.29) is 11.8 Å². The zero-order chi connectivity index (χ0) is 17.3. The van der Waals surface area contributed by atoms with Crippen LogP contribution in [-0.2, 0) is 16.1 Å². The minimum Gasteiger partial charge on any atom is -0.497 e. The molecule has 1 atom stereocenters. The Morgan fingerprint density at radius 1 is 1.21 bits per heavy atom. The van der Waals surface area contributed by atoms with Crippen LogP contribution in [0.25, 0.3) is 0 Å². The van der Waals surface area contributed by atoms with E-state index in [0.717, 1.165) is 28.1 Å². The number of hydrogen-bond acceptors (Lipinski definition) is 3. The molecule has 2 aromatic carbocycles. The van der Waals surface area contributed by atoms with Gasteiger partial charge in [-0.3, -0.25) is 9.59 Å². The molecule has 1 N–H and O–H groups in total. The van der Waals surface area contributed by atoms with Crippen LogP contribution in [0.15, 0.2) is 42.5 Å². The first kappa shape index (κ1) is 16.1. The SMILES string of the molecule is COc1ccc(CN2C(=O)C(NC(C)=O)c3cccc(C)c32)cc1. The summed E-state index contributed by atoms with van der Waals surface area (Å²) >= 11 is 0. The van der Waals surface area contributed by atoms with Gasteiger partial charge in [-0.05, 0) is 30.2 Å². The van der Waals surface area contributed by atoms with Crippen LogP contribution < -0.4 is 15.0 Å². The molecule has 1 heterocycles. The highest BCUT2D eigenvalue weighted by Gasteiger charge is 2.38. The number of methoxy groups -OCH3 is 1. The molecule has 0 spiro atoms. The standard InChI is InChI=1S/C19H20N2O3/c1-12-5-4-6-16-17(20-13(2)22)19(23)21(18(12)16)11-14-7-9-15(24-3)10-8-14/h4-10,17H,11H2,1-3H3,(H,20,22). The van der Waals surface area contributed by atoms with Crippen LogP contribution in [0, 0.1) is 6.92 Å². The number of benzene rings is 2. The third-order valence-electron chi connectivity index (χ3n) is 4.21. The third-order valence-corrected chi connectivity index (χ3v) is 4.21. The van der Waals surface area contributed by atoms with Gasteiger partial charge in [-0.2, -0.15) is 0 Å². The molecule has 1 aliphatic heterocycles. The molecule has 5 nitrogen and oxygen atoms in total. The van der Waals surface area contributed by atoms with E-state index in [2.05, 4.69) is 5.32 Å². The summed E-state index contributed by atoms with van der Waals surface area (Å²) in [5.74, 6) is 0.455. The summed E-state index contributed by atoms with van der Waals surface area (Å²) in [6, 6.07) is 12.8. The molecule has 3 rings (SSSR count). The molecule has 24 heavy (non-hydrogen) atoms. The molecule has 2 amide bonds. The van der Waals surface area contributed by atoms with E-state index in [1.807, 2.05) is 49.4 Å². The summed E-state index contributed by atoms with van der Waals surface area (Å²) in [4.78, 5) is 26.1. The molecule has 0 fully saturated rings. The fourth-order valence-electron chi connectivity index (χ4n) is 3.10. The summed E-state index contributed by atoms with van der Waals surface area (Å²) in [5.41, 5.74) is 3.75. The average molecular weight is 324 g/mol. The monoisotopic (exact) mass is 324 g/mol. The first-order chi connectivity index (χ1) is 11.5. The summed E-state index contributed by atoms with van der Waals surface area (Å²) in [5, 5.41) is 2.76. The number of hydrogen-bond donors (Lipinski definition) is 1. The number of fused-ring (bicyclic) bond motifs is 1. The van der Waals surface area contributed by atoms with Crippen molar-refractivity contribution in [3.63, 3.8) is 0 Å². The van der Waals surface area contributed by atoms with E-state index < -0.39 is 6.04 Å². The maximum absolute atomic E-state index is 12.9. The van der Waals surface area contributed by atoms with Crippen LogP contribution in [0.3, 0.4) is 0 Å². The number of ether oxygens (including phenoxy) is 1. The summed E-state index contributed by atoms with van der Waals surface area (Å²) in [6.45, 7) is 3.86. The van der Waals surface area contributed by atoms with Crippen LogP contribution in [0.4, 0.5) is 5.69 Å². The first-order valence-corrected chi connectivity index (χ1v) is 7.82. The lowest BCUT2D eigenvalue weighted by atomic mass is 10.1. The minimum absolute atomic E-state index is 0.106. The molecular formula is C19H20N2O3. The minimum atomic E-state index is -0.615. The van der Waals surface area contributed by atoms with Gasteiger partial charge in [0.15, 0.2) is 0 Å². The van der Waals surface area contributed by atoms with Crippen molar-refractivity contribution in [2.24, 2.45) is 0 Å². The van der Waals surface area contributed by atoms with Gasteiger partial charge in [-0.25, -0.2) is 0 Å². The molecule has 0 saturated heterocycles. The predicted octanol–water partition coefficient (Wildman–Crippen LogP) is 2.73. The second-order valence-electron chi connectivity index (χ2n) is 5.92. The van der Waals surface area contributed by atoms with Gasteiger partial charge in [0.1, 0.15) is 11.8 Å². The summed E-state index contributed by atoms with van der Waals surface area (Å²) in [7, 11) is 1.62. The van der Waals surface area contributed by atoms with E-state index in [1.54, 1.807) is 12.0 Å². The highest BCUT2D eigenvalue weighted by molar-refractivity contribution is 6.06. The number of para-hydroxylation sites is 1. The number of amides is 2. The highest BCUT2D eigenvalue weighted by atomic mass is 16.5. The Hall–Kier alpha value is -2.82. The summed E-state index contributed by atoms with van der Waals surface area (Å²) < 4.78 is 5.17. The van der Waals surface area contributed by atoms with Crippen LogP contribution in [0.2, 0.25) is 0 Å². The molecule has 0 saturated carbocycles. The van der Waals surface area contributed by atoms with Gasteiger partial charge < -0.3 is 15.0 Å². The van der Waals surface area contributed by atoms with E-state index in [1.165, 1.54) is 6.92 Å². The van der Waals surface area contributed by atoms with Crippen molar-refractivity contribution in [3.8, 4) is 5.75 Å². The zero-order valence-electron chi connectivity index (χ0n) is 14.0. The average Bonchev–Trinajstić information content (AvgIpc) is 2.82. The zero-order valence-corrected chi connectivity index (χ0v) is 14.0. The van der Waals surface area contributed by atoms with Crippen LogP contribution in [0.1, 0.15) is 29.7 Å². The molecule has 0 bridgehead atoms. The molecule has 1 unspecified atom stereocenters. The van der Waals surface area contributed by atoms with Gasteiger partial charge in [0.05, 0.1) is 19.3 Å². The van der Waals surface area contributed by atoms with Crippen molar-refractivity contribution < 1.29 is 14.3 Å². The van der Waals surface area contributed by atoms with Crippen molar-refractivity contribution in [2.45, 2.75) is 26.4 Å². The molecule has 124 valence electrons. The van der Waals surface area contributed by atoms with Crippen molar-refractivity contribution in [2.75, 3.05) is 12.0 Å². The van der Waals surface area contributed by atoms with E-state index in [0.29, 0.717) is 6.54 Å². The van der Waals surface area contributed by atoms with Crippen LogP contribution >= 0.6 is 0 Å². The number of nitrogens with zero attached hydrogens (tertiary/aromatic N) is 1. The number of carbonyl (C=O) groups is 2. The number of nitrogens with one attached hydrogen (secondary N) is 1. The Kier molecular flexibility index (Phi) is 4.25. The fraction of sp³-hybridized carbons (Fsp3) is 0.263. The largest absolute Gasteiger partial charge is 0.497 e. The fourth-order valence-corrected chi connectivity index (χ4v) is 3.10. The lowest BCUT2D eigenvalue weighted by Crippen LogP contribution is -2.36. The van der Waals surface area contributed by atoms with E-state index in [4.69, 9.17) is 4.74 Å². The van der Waals surface area contributed by atoms with Crippen LogP contribution in [0.5, 0.6) is 5.75 Å². The van der Waals surface area contributed by atoms with Crippen molar-refractivity contribution in [1.29, 1.82) is 0 Å². The Morgan fingerprint density at radius 2 is 1.92 bits per heavy atom. The van der Waals surface area contributed by atoms with Gasteiger partial charge >= 0.3 is 0 Å². The molecule has 2 aromatic rings. The normalized spacial score (nSPS) is 16.0. The first-order valence-electron chi connectivity index (χ1n) is 7.82. The summed E-state index contributed by atoms with van der Waals surface area (Å²) in [6.07, 6.45) is 0. The third kappa shape index (κ3) is 2.85.